The van der Waals surface area contributed by atoms with Gasteiger partial charge < -0.3 is 10.4 Å². The summed E-state index contributed by atoms with van der Waals surface area (Å²) >= 11 is 0. The molecule has 1 rings (SSSR count). The number of nitrogens with one attached hydrogen (secondary N) is 1. The Morgan fingerprint density at radius 3 is 2.28 bits per heavy atom. The highest BCUT2D eigenvalue weighted by Gasteiger charge is 2.32. The van der Waals surface area contributed by atoms with Gasteiger partial charge in [-0.05, 0) is 25.3 Å². The van der Waals surface area contributed by atoms with Crippen molar-refractivity contribution in [3.63, 3.8) is 0 Å². The Bertz CT molecular complexity index is 252. The predicted octanol–water partition coefficient (Wildman–Crippen LogP) is 2.87. The Kier molecular flexibility index (Phi) is 9.87. The number of halogens is 5. The topological polar surface area (TPSA) is 49.3 Å². The molecule has 2 unspecified atom stereocenters. The van der Waals surface area contributed by atoms with Crippen LogP contribution in [-0.2, 0) is 4.79 Å². The maximum absolute atomic E-state index is 11.9. The van der Waals surface area contributed by atoms with E-state index in [-0.39, 0.29) is 37.3 Å². The second-order valence-corrected chi connectivity index (χ2v) is 4.24. The first-order chi connectivity index (χ1) is 7.40. The van der Waals surface area contributed by atoms with Crippen molar-refractivity contribution in [2.45, 2.75) is 31.9 Å². The summed E-state index contributed by atoms with van der Waals surface area (Å²) in [5.74, 6) is -1.55. The zero-order valence-electron chi connectivity index (χ0n) is 9.70. The lowest BCUT2D eigenvalue weighted by Crippen LogP contribution is -2.38. The van der Waals surface area contributed by atoms with E-state index in [0.29, 0.717) is 12.8 Å². The molecule has 0 aliphatic heterocycles. The monoisotopic (exact) mass is 311 g/mol. The number of hydrogen-bond donors (Lipinski definition) is 2. The summed E-state index contributed by atoms with van der Waals surface area (Å²) < 4.78 is 35.7. The quantitative estimate of drug-likeness (QED) is 0.839. The van der Waals surface area contributed by atoms with Crippen LogP contribution in [0.3, 0.4) is 0 Å². The van der Waals surface area contributed by atoms with Gasteiger partial charge in [-0.1, -0.05) is 12.8 Å². The van der Waals surface area contributed by atoms with Crippen LogP contribution in [0.4, 0.5) is 13.2 Å². The highest BCUT2D eigenvalue weighted by atomic mass is 35.5. The lowest BCUT2D eigenvalue weighted by atomic mass is 9.79. The van der Waals surface area contributed by atoms with E-state index in [2.05, 4.69) is 5.32 Å². The van der Waals surface area contributed by atoms with E-state index in [1.165, 1.54) is 0 Å². The minimum Gasteiger partial charge on any atom is -0.481 e. The van der Waals surface area contributed by atoms with E-state index >= 15 is 0 Å². The highest BCUT2D eigenvalue weighted by molar-refractivity contribution is 5.85. The fraction of sp³-hybridized carbons (Fsp3) is 0.900. The molecule has 0 aromatic heterocycles. The molecule has 2 atom stereocenters. The van der Waals surface area contributed by atoms with Gasteiger partial charge in [0, 0.05) is 0 Å². The molecule has 1 aliphatic carbocycles. The molecule has 0 aromatic rings. The summed E-state index contributed by atoms with van der Waals surface area (Å²) in [5.41, 5.74) is 0. The van der Waals surface area contributed by atoms with E-state index < -0.39 is 24.6 Å². The second-order valence-electron chi connectivity index (χ2n) is 4.24. The smallest absolute Gasteiger partial charge is 0.401 e. The van der Waals surface area contributed by atoms with Gasteiger partial charge in [0.15, 0.2) is 0 Å². The van der Waals surface area contributed by atoms with Crippen molar-refractivity contribution in [2.24, 2.45) is 11.8 Å². The Balaban J connectivity index is 0. The Hall–Kier alpha value is -0.200. The van der Waals surface area contributed by atoms with Crippen molar-refractivity contribution in [1.82, 2.24) is 5.32 Å². The third kappa shape index (κ3) is 7.28. The van der Waals surface area contributed by atoms with Crippen LogP contribution in [0.25, 0.3) is 0 Å². The molecule has 1 aliphatic rings. The molecular formula is C10H18Cl2F3NO2. The van der Waals surface area contributed by atoms with Crippen LogP contribution < -0.4 is 5.32 Å². The first-order valence-corrected chi connectivity index (χ1v) is 5.40. The molecule has 1 saturated carbocycles. The number of carbonyl (C=O) groups is 1. The number of rotatable bonds is 4. The van der Waals surface area contributed by atoms with Crippen molar-refractivity contribution in [3.8, 4) is 0 Å². The standard InChI is InChI=1S/C10H16F3NO2.2ClH/c11-10(12,13)6-14-5-7-3-1-2-4-8(7)9(15)16;;/h7-8,14H,1-6H2,(H,15,16);2*1H. The Labute approximate surface area is 116 Å². The summed E-state index contributed by atoms with van der Waals surface area (Å²) in [6.07, 6.45) is -1.20. The Morgan fingerprint density at radius 2 is 1.78 bits per heavy atom. The van der Waals surface area contributed by atoms with Gasteiger partial charge in [0.05, 0.1) is 12.5 Å². The van der Waals surface area contributed by atoms with Gasteiger partial charge in [0.2, 0.25) is 0 Å². The van der Waals surface area contributed by atoms with Crippen molar-refractivity contribution in [2.75, 3.05) is 13.1 Å². The van der Waals surface area contributed by atoms with Gasteiger partial charge in [-0.15, -0.1) is 24.8 Å². The van der Waals surface area contributed by atoms with E-state index in [1.807, 2.05) is 0 Å². The van der Waals surface area contributed by atoms with Crippen LogP contribution in [0.5, 0.6) is 0 Å². The molecule has 0 aromatic carbocycles. The third-order valence-corrected chi connectivity index (χ3v) is 2.96. The summed E-state index contributed by atoms with van der Waals surface area (Å²) in [6.45, 7) is -0.910. The van der Waals surface area contributed by atoms with Gasteiger partial charge in [0.25, 0.3) is 0 Å². The SMILES string of the molecule is Cl.Cl.O=C(O)C1CCCCC1CNCC(F)(F)F. The summed E-state index contributed by atoms with van der Waals surface area (Å²) in [6, 6.07) is 0. The van der Waals surface area contributed by atoms with Crippen molar-refractivity contribution < 1.29 is 23.1 Å². The largest absolute Gasteiger partial charge is 0.481 e. The van der Waals surface area contributed by atoms with Gasteiger partial charge in [0.1, 0.15) is 0 Å². The molecular weight excluding hydrogens is 294 g/mol. The molecule has 18 heavy (non-hydrogen) atoms. The molecule has 0 spiro atoms. The summed E-state index contributed by atoms with van der Waals surface area (Å²) in [5, 5.41) is 11.2. The predicted molar refractivity (Wildman–Crippen MR) is 66.5 cm³/mol. The summed E-state index contributed by atoms with van der Waals surface area (Å²) in [4.78, 5) is 10.9. The Morgan fingerprint density at radius 1 is 1.22 bits per heavy atom. The van der Waals surface area contributed by atoms with Crippen LogP contribution in [0.15, 0.2) is 0 Å². The van der Waals surface area contributed by atoms with E-state index in [0.717, 1.165) is 12.8 Å². The van der Waals surface area contributed by atoms with Crippen LogP contribution >= 0.6 is 24.8 Å². The molecule has 0 bridgehead atoms. The van der Waals surface area contributed by atoms with Gasteiger partial charge in [-0.2, -0.15) is 13.2 Å². The normalized spacial score (nSPS) is 23.7. The first-order valence-electron chi connectivity index (χ1n) is 5.40. The minimum absolute atomic E-state index is 0. The van der Waals surface area contributed by atoms with E-state index in [4.69, 9.17) is 5.11 Å². The van der Waals surface area contributed by atoms with Crippen molar-refractivity contribution >= 4 is 30.8 Å². The van der Waals surface area contributed by atoms with Crippen LogP contribution in [-0.4, -0.2) is 30.3 Å². The lowest BCUT2D eigenvalue weighted by Gasteiger charge is -2.28. The molecule has 3 nitrogen and oxygen atoms in total. The fourth-order valence-corrected chi connectivity index (χ4v) is 2.18. The lowest BCUT2D eigenvalue weighted by molar-refractivity contribution is -0.145. The maximum atomic E-state index is 11.9. The molecule has 110 valence electrons. The van der Waals surface area contributed by atoms with Gasteiger partial charge in [-0.3, -0.25) is 4.79 Å². The number of carboxylic acid groups (broad SMARTS) is 1. The maximum Gasteiger partial charge on any atom is 0.401 e. The fourth-order valence-electron chi connectivity index (χ4n) is 2.18. The molecule has 0 radical (unpaired) electrons. The zero-order valence-corrected chi connectivity index (χ0v) is 11.3. The van der Waals surface area contributed by atoms with Crippen LogP contribution in [0.1, 0.15) is 25.7 Å². The molecule has 1 fully saturated rings. The average Bonchev–Trinajstić information content (AvgIpc) is 2.16. The van der Waals surface area contributed by atoms with Gasteiger partial charge >= 0.3 is 12.1 Å². The number of hydrogen-bond acceptors (Lipinski definition) is 2. The van der Waals surface area contributed by atoms with Crippen LogP contribution in [0, 0.1) is 11.8 Å². The zero-order chi connectivity index (χ0) is 12.2. The average molecular weight is 312 g/mol. The summed E-state index contributed by atoms with van der Waals surface area (Å²) in [7, 11) is 0. The van der Waals surface area contributed by atoms with Gasteiger partial charge in [-0.25, -0.2) is 0 Å². The number of aliphatic carboxylic acids is 1. The van der Waals surface area contributed by atoms with Crippen molar-refractivity contribution in [1.29, 1.82) is 0 Å². The molecule has 0 amide bonds. The van der Waals surface area contributed by atoms with Crippen LogP contribution in [0.2, 0.25) is 0 Å². The first kappa shape index (κ1) is 20.1. The molecule has 0 saturated heterocycles. The molecule has 0 heterocycles. The number of carboxylic acids is 1. The third-order valence-electron chi connectivity index (χ3n) is 2.96. The van der Waals surface area contributed by atoms with Crippen molar-refractivity contribution in [3.05, 3.63) is 0 Å². The minimum atomic E-state index is -4.23. The van der Waals surface area contributed by atoms with E-state index in [1.54, 1.807) is 0 Å². The highest BCUT2D eigenvalue weighted by Crippen LogP contribution is 2.29. The number of alkyl halides is 3. The second kappa shape index (κ2) is 8.82. The molecule has 8 heteroatoms. The molecule has 2 N–H and O–H groups in total. The van der Waals surface area contributed by atoms with E-state index in [9.17, 15) is 18.0 Å².